The van der Waals surface area contributed by atoms with Crippen molar-refractivity contribution in [2.75, 3.05) is 11.1 Å². The average molecular weight is 442 g/mol. The molecule has 2 aromatic heterocycles. The topological polar surface area (TPSA) is 70.7 Å². The Bertz CT molecular complexity index is 773. The predicted molar refractivity (Wildman–Crippen MR) is 98.2 cm³/mol. The van der Waals surface area contributed by atoms with Crippen molar-refractivity contribution in [2.24, 2.45) is 0 Å². The van der Waals surface area contributed by atoms with Gasteiger partial charge in [-0.25, -0.2) is 4.98 Å². The number of aromatic amines is 1. The van der Waals surface area contributed by atoms with Crippen molar-refractivity contribution in [3.05, 3.63) is 45.3 Å². The summed E-state index contributed by atoms with van der Waals surface area (Å²) in [6.45, 7) is 0. The van der Waals surface area contributed by atoms with Crippen LogP contribution in [0.1, 0.15) is 0 Å². The van der Waals surface area contributed by atoms with E-state index in [1.807, 2.05) is 41.8 Å². The molecule has 8 heteroatoms. The van der Waals surface area contributed by atoms with Crippen LogP contribution in [0.5, 0.6) is 0 Å². The first-order valence-corrected chi connectivity index (χ1v) is 9.29. The molecule has 1 aromatic carbocycles. The maximum absolute atomic E-state index is 11.9. The fourth-order valence-electron chi connectivity index (χ4n) is 1.73. The molecule has 2 N–H and O–H groups in total. The largest absolute Gasteiger partial charge is 0.325 e. The van der Waals surface area contributed by atoms with Crippen LogP contribution in [0, 0.1) is 3.57 Å². The number of halogens is 1. The summed E-state index contributed by atoms with van der Waals surface area (Å²) >= 11 is 5.11. The Morgan fingerprint density at radius 3 is 3.05 bits per heavy atom. The molecule has 0 atom stereocenters. The molecule has 3 aromatic rings. The maximum atomic E-state index is 11.9. The molecular formula is C14H11IN4OS2. The number of rotatable bonds is 5. The van der Waals surface area contributed by atoms with Crippen molar-refractivity contribution in [2.45, 2.75) is 5.16 Å². The Morgan fingerprint density at radius 1 is 1.36 bits per heavy atom. The van der Waals surface area contributed by atoms with Gasteiger partial charge < -0.3 is 5.32 Å². The number of carbonyl (C=O) groups is 1. The van der Waals surface area contributed by atoms with Crippen molar-refractivity contribution >= 4 is 57.3 Å². The fraction of sp³-hybridized carbons (Fsp3) is 0.0714. The average Bonchev–Trinajstić information content (AvgIpc) is 3.16. The van der Waals surface area contributed by atoms with Gasteiger partial charge in [0, 0.05) is 9.26 Å². The van der Waals surface area contributed by atoms with Crippen LogP contribution in [0.4, 0.5) is 5.69 Å². The number of benzene rings is 1. The number of hydrogen-bond acceptors (Lipinski definition) is 5. The third kappa shape index (κ3) is 4.08. The summed E-state index contributed by atoms with van der Waals surface area (Å²) < 4.78 is 1.08. The highest BCUT2D eigenvalue weighted by atomic mass is 127. The first-order valence-electron chi connectivity index (χ1n) is 6.35. The second-order valence-electron chi connectivity index (χ2n) is 4.29. The van der Waals surface area contributed by atoms with Gasteiger partial charge in [-0.2, -0.15) is 0 Å². The molecule has 0 bridgehead atoms. The Balaban J connectivity index is 1.55. The summed E-state index contributed by atoms with van der Waals surface area (Å²) in [5.74, 6) is 0.928. The van der Waals surface area contributed by atoms with E-state index < -0.39 is 0 Å². The van der Waals surface area contributed by atoms with Gasteiger partial charge in [0.05, 0.1) is 10.6 Å². The van der Waals surface area contributed by atoms with Gasteiger partial charge >= 0.3 is 0 Å². The number of nitrogens with one attached hydrogen (secondary N) is 2. The van der Waals surface area contributed by atoms with Gasteiger partial charge in [0.25, 0.3) is 0 Å². The smallest absolute Gasteiger partial charge is 0.234 e. The summed E-state index contributed by atoms with van der Waals surface area (Å²) in [6.07, 6.45) is 0. The van der Waals surface area contributed by atoms with Crippen LogP contribution in [-0.4, -0.2) is 26.8 Å². The van der Waals surface area contributed by atoms with E-state index in [-0.39, 0.29) is 11.7 Å². The number of hydrogen-bond donors (Lipinski definition) is 2. The first-order chi connectivity index (χ1) is 10.7. The molecule has 5 nitrogen and oxygen atoms in total. The highest BCUT2D eigenvalue weighted by Crippen LogP contribution is 2.23. The fourth-order valence-corrected chi connectivity index (χ4v) is 3.53. The summed E-state index contributed by atoms with van der Waals surface area (Å²) in [5, 5.41) is 12.4. The van der Waals surface area contributed by atoms with Crippen LogP contribution in [0.2, 0.25) is 0 Å². The van der Waals surface area contributed by atoms with Crippen molar-refractivity contribution in [3.8, 4) is 10.7 Å². The van der Waals surface area contributed by atoms with Gasteiger partial charge in [0.2, 0.25) is 11.1 Å². The molecule has 0 aliphatic heterocycles. The van der Waals surface area contributed by atoms with Gasteiger partial charge in [0.15, 0.2) is 5.82 Å². The second-order valence-corrected chi connectivity index (χ2v) is 7.43. The molecule has 1 amide bonds. The quantitative estimate of drug-likeness (QED) is 0.465. The normalized spacial score (nSPS) is 10.6. The molecule has 0 aliphatic carbocycles. The summed E-state index contributed by atoms with van der Waals surface area (Å²) in [6, 6.07) is 11.6. The number of anilines is 1. The molecule has 2 heterocycles. The number of thioether (sulfide) groups is 1. The second kappa shape index (κ2) is 7.25. The van der Waals surface area contributed by atoms with Gasteiger partial charge in [0.1, 0.15) is 0 Å². The zero-order valence-corrected chi connectivity index (χ0v) is 15.0. The SMILES string of the molecule is O=C(CSc1n[nH]c(-c2cccs2)n1)Nc1cccc(I)c1. The van der Waals surface area contributed by atoms with Crippen molar-refractivity contribution in [1.82, 2.24) is 15.2 Å². The van der Waals surface area contributed by atoms with E-state index in [2.05, 4.69) is 43.1 Å². The van der Waals surface area contributed by atoms with Crippen molar-refractivity contribution in [1.29, 1.82) is 0 Å². The van der Waals surface area contributed by atoms with Crippen molar-refractivity contribution in [3.63, 3.8) is 0 Å². The number of aromatic nitrogens is 3. The van der Waals surface area contributed by atoms with E-state index in [1.54, 1.807) is 11.3 Å². The summed E-state index contributed by atoms with van der Waals surface area (Å²) in [7, 11) is 0. The van der Waals surface area contributed by atoms with Gasteiger partial charge in [-0.15, -0.1) is 16.4 Å². The van der Waals surface area contributed by atoms with E-state index in [9.17, 15) is 4.79 Å². The maximum Gasteiger partial charge on any atom is 0.234 e. The molecule has 112 valence electrons. The number of carbonyl (C=O) groups excluding carboxylic acids is 1. The lowest BCUT2D eigenvalue weighted by Gasteiger charge is -2.04. The third-order valence-electron chi connectivity index (χ3n) is 2.66. The third-order valence-corrected chi connectivity index (χ3v) is 5.06. The molecule has 0 saturated carbocycles. The Labute approximate surface area is 149 Å². The zero-order valence-electron chi connectivity index (χ0n) is 11.2. The number of amides is 1. The van der Waals surface area contributed by atoms with Crippen LogP contribution in [0.3, 0.4) is 0 Å². The Morgan fingerprint density at radius 2 is 2.27 bits per heavy atom. The first kappa shape index (κ1) is 15.5. The molecule has 0 spiro atoms. The van der Waals surface area contributed by atoms with Crippen LogP contribution < -0.4 is 5.32 Å². The standard InChI is InChI=1S/C14H11IN4OS2/c15-9-3-1-4-10(7-9)16-12(20)8-22-14-17-13(18-19-14)11-5-2-6-21-11/h1-7H,8H2,(H,16,20)(H,17,18,19). The number of thiophene rings is 1. The van der Waals surface area contributed by atoms with Crippen LogP contribution in [-0.2, 0) is 4.79 Å². The lowest BCUT2D eigenvalue weighted by Crippen LogP contribution is -2.14. The predicted octanol–water partition coefficient (Wildman–Crippen LogP) is 3.87. The summed E-state index contributed by atoms with van der Waals surface area (Å²) in [5.41, 5.74) is 0.798. The zero-order chi connectivity index (χ0) is 15.4. The van der Waals surface area contributed by atoms with Gasteiger partial charge in [-0.05, 0) is 52.2 Å². The van der Waals surface area contributed by atoms with Crippen molar-refractivity contribution < 1.29 is 4.79 Å². The molecule has 0 radical (unpaired) electrons. The molecule has 22 heavy (non-hydrogen) atoms. The molecule has 0 aliphatic rings. The molecule has 0 fully saturated rings. The number of nitrogens with zero attached hydrogens (tertiary/aromatic N) is 2. The van der Waals surface area contributed by atoms with Gasteiger partial charge in [-0.1, -0.05) is 23.9 Å². The van der Waals surface area contributed by atoms with E-state index in [0.29, 0.717) is 5.16 Å². The van der Waals surface area contributed by atoms with E-state index in [0.717, 1.165) is 20.0 Å². The Hall–Kier alpha value is -1.39. The molecule has 0 unspecified atom stereocenters. The van der Waals surface area contributed by atoms with E-state index in [4.69, 9.17) is 0 Å². The minimum absolute atomic E-state index is 0.0746. The Kier molecular flexibility index (Phi) is 5.11. The molecular weight excluding hydrogens is 431 g/mol. The minimum Gasteiger partial charge on any atom is -0.325 e. The van der Waals surface area contributed by atoms with E-state index in [1.165, 1.54) is 11.8 Å². The molecule has 0 saturated heterocycles. The highest BCUT2D eigenvalue weighted by molar-refractivity contribution is 14.1. The summed E-state index contributed by atoms with van der Waals surface area (Å²) in [4.78, 5) is 17.3. The van der Waals surface area contributed by atoms with Crippen LogP contribution in [0.25, 0.3) is 10.7 Å². The lowest BCUT2D eigenvalue weighted by atomic mass is 10.3. The molecule has 3 rings (SSSR count). The minimum atomic E-state index is -0.0746. The number of H-pyrrole nitrogens is 1. The lowest BCUT2D eigenvalue weighted by molar-refractivity contribution is -0.113. The van der Waals surface area contributed by atoms with Crippen LogP contribution in [0.15, 0.2) is 46.9 Å². The van der Waals surface area contributed by atoms with E-state index >= 15 is 0 Å². The van der Waals surface area contributed by atoms with Gasteiger partial charge in [-0.3, -0.25) is 9.89 Å². The van der Waals surface area contributed by atoms with Crippen LogP contribution >= 0.6 is 45.7 Å². The highest BCUT2D eigenvalue weighted by Gasteiger charge is 2.09. The monoisotopic (exact) mass is 442 g/mol.